The van der Waals surface area contributed by atoms with E-state index in [-0.39, 0.29) is 12.5 Å². The molecule has 130 valence electrons. The molecule has 0 aromatic rings. The van der Waals surface area contributed by atoms with E-state index < -0.39 is 12.5 Å². The number of piperidine rings is 1. The van der Waals surface area contributed by atoms with Gasteiger partial charge in [-0.25, -0.2) is 0 Å². The molecule has 1 heterocycles. The average Bonchev–Trinajstić information content (AvgIpc) is 2.56. The van der Waals surface area contributed by atoms with Crippen LogP contribution < -0.4 is 21.1 Å². The van der Waals surface area contributed by atoms with E-state index in [1.54, 1.807) is 0 Å². The number of nitrogens with one attached hydrogen (secondary N) is 2. The molecule has 2 aliphatic carbocycles. The van der Waals surface area contributed by atoms with Gasteiger partial charge in [0.05, 0.1) is 31.1 Å². The van der Waals surface area contributed by atoms with Crippen molar-refractivity contribution < 1.29 is 20.0 Å². The summed E-state index contributed by atoms with van der Waals surface area (Å²) in [4.78, 5) is 22.3. The third kappa shape index (κ3) is 4.04. The second-order valence-electron chi connectivity index (χ2n) is 7.47. The molecular weight excluding hydrogens is 294 g/mol. The van der Waals surface area contributed by atoms with Crippen molar-refractivity contribution >= 4 is 11.9 Å². The Kier molecular flexibility index (Phi) is 5.54. The van der Waals surface area contributed by atoms with Gasteiger partial charge in [0.1, 0.15) is 0 Å². The Hall–Kier alpha value is -1.14. The normalized spacial score (nSPS) is 36.6. The molecule has 2 saturated carbocycles. The quantitative estimate of drug-likeness (QED) is 0.574. The maximum atomic E-state index is 11.8. The second kappa shape index (κ2) is 7.62. The lowest BCUT2D eigenvalue weighted by Gasteiger charge is -2.49. The van der Waals surface area contributed by atoms with Crippen LogP contribution in [0.1, 0.15) is 51.4 Å². The summed E-state index contributed by atoms with van der Waals surface area (Å²) >= 11 is 0. The molecule has 0 aromatic carbocycles. The van der Waals surface area contributed by atoms with E-state index in [9.17, 15) is 14.7 Å². The van der Waals surface area contributed by atoms with Gasteiger partial charge in [0.15, 0.2) is 0 Å². The van der Waals surface area contributed by atoms with Gasteiger partial charge < -0.3 is 25.9 Å². The smallest absolute Gasteiger partial charge is 0.234 e. The van der Waals surface area contributed by atoms with Gasteiger partial charge in [0.2, 0.25) is 5.91 Å². The van der Waals surface area contributed by atoms with Crippen molar-refractivity contribution in [2.45, 2.75) is 69.5 Å². The lowest BCUT2D eigenvalue weighted by atomic mass is 9.66. The van der Waals surface area contributed by atoms with Gasteiger partial charge in [-0.2, -0.15) is 0 Å². The number of carboxylic acid groups (broad SMARTS) is 1. The lowest BCUT2D eigenvalue weighted by Crippen LogP contribution is -3.01. The third-order valence-corrected chi connectivity index (χ3v) is 6.09. The fraction of sp³-hybridized carbons (Fsp3) is 0.882. The van der Waals surface area contributed by atoms with Crippen LogP contribution in [0.15, 0.2) is 0 Å². The minimum Gasteiger partial charge on any atom is -0.548 e. The minimum atomic E-state index is -1.25. The van der Waals surface area contributed by atoms with Gasteiger partial charge in [-0.05, 0) is 38.5 Å². The van der Waals surface area contributed by atoms with Crippen LogP contribution in [-0.4, -0.2) is 43.1 Å². The van der Waals surface area contributed by atoms with Crippen molar-refractivity contribution in [1.82, 2.24) is 10.6 Å². The van der Waals surface area contributed by atoms with Crippen LogP contribution in [0.3, 0.4) is 0 Å². The van der Waals surface area contributed by atoms with Gasteiger partial charge in [-0.1, -0.05) is 12.8 Å². The molecule has 1 aliphatic heterocycles. The number of rotatable bonds is 5. The van der Waals surface area contributed by atoms with Gasteiger partial charge in [-0.3, -0.25) is 4.79 Å². The number of quaternary nitrogens is 1. The summed E-state index contributed by atoms with van der Waals surface area (Å²) in [6.07, 6.45) is 10.3. The fourth-order valence-electron chi connectivity index (χ4n) is 5.13. The summed E-state index contributed by atoms with van der Waals surface area (Å²) in [5.74, 6) is -0.192. The van der Waals surface area contributed by atoms with Crippen LogP contribution in [0.4, 0.5) is 0 Å². The van der Waals surface area contributed by atoms with E-state index in [1.165, 1.54) is 51.4 Å². The van der Waals surface area contributed by atoms with Crippen molar-refractivity contribution in [2.75, 3.05) is 13.1 Å². The largest absolute Gasteiger partial charge is 0.548 e. The summed E-state index contributed by atoms with van der Waals surface area (Å²) in [5.41, 5.74) is 0. The highest BCUT2D eigenvalue weighted by atomic mass is 16.4. The summed E-state index contributed by atoms with van der Waals surface area (Å²) in [5, 5.41) is 19.0. The first-order chi connectivity index (χ1) is 11.1. The molecule has 0 bridgehead atoms. The van der Waals surface area contributed by atoms with Crippen LogP contribution in [0.5, 0.6) is 0 Å². The predicted molar refractivity (Wildman–Crippen MR) is 83.2 cm³/mol. The number of amides is 1. The second-order valence-corrected chi connectivity index (χ2v) is 7.47. The van der Waals surface area contributed by atoms with E-state index in [1.807, 2.05) is 0 Å². The van der Waals surface area contributed by atoms with Crippen LogP contribution >= 0.6 is 0 Å². The molecule has 3 fully saturated rings. The molecule has 3 aliphatic rings. The zero-order valence-corrected chi connectivity index (χ0v) is 13.8. The van der Waals surface area contributed by atoms with Gasteiger partial charge in [0.25, 0.3) is 0 Å². The number of carbonyl (C=O) groups excluding carboxylic acids is 2. The zero-order chi connectivity index (χ0) is 16.2. The van der Waals surface area contributed by atoms with E-state index in [4.69, 9.17) is 0 Å². The first-order valence-electron chi connectivity index (χ1n) is 9.20. The van der Waals surface area contributed by atoms with Crippen LogP contribution in [0.25, 0.3) is 0 Å². The van der Waals surface area contributed by atoms with Crippen molar-refractivity contribution in [3.05, 3.63) is 0 Å². The molecule has 23 heavy (non-hydrogen) atoms. The van der Waals surface area contributed by atoms with Crippen molar-refractivity contribution in [3.63, 3.8) is 0 Å². The van der Waals surface area contributed by atoms with Crippen molar-refractivity contribution in [1.29, 1.82) is 0 Å². The summed E-state index contributed by atoms with van der Waals surface area (Å²) in [6.45, 7) is -0.193. The maximum Gasteiger partial charge on any atom is 0.234 e. The Morgan fingerprint density at radius 2 is 1.48 bits per heavy atom. The lowest BCUT2D eigenvalue weighted by molar-refractivity contribution is -0.749. The van der Waals surface area contributed by atoms with E-state index in [2.05, 4.69) is 16.0 Å². The molecule has 4 unspecified atom stereocenters. The van der Waals surface area contributed by atoms with Crippen LogP contribution in [0, 0.1) is 11.8 Å². The predicted octanol–water partition coefficient (Wildman–Crippen LogP) is -1.49. The van der Waals surface area contributed by atoms with Gasteiger partial charge >= 0.3 is 0 Å². The molecule has 0 spiro atoms. The van der Waals surface area contributed by atoms with Gasteiger partial charge in [0, 0.05) is 17.9 Å². The number of carboxylic acids is 1. The Morgan fingerprint density at radius 1 is 0.913 bits per heavy atom. The molecule has 3 rings (SSSR count). The Balaban J connectivity index is 1.61. The highest BCUT2D eigenvalue weighted by Crippen LogP contribution is 2.37. The summed E-state index contributed by atoms with van der Waals surface area (Å²) in [6, 6.07) is 1.81. The minimum absolute atomic E-state index is 0.213. The zero-order valence-electron chi connectivity index (χ0n) is 13.8. The number of carbonyl (C=O) groups is 2. The molecular formula is C17H29N3O3. The number of hydrogen-bond donors (Lipinski definition) is 3. The monoisotopic (exact) mass is 323 g/mol. The highest BCUT2D eigenvalue weighted by molar-refractivity contribution is 5.81. The first-order valence-corrected chi connectivity index (χ1v) is 9.20. The Labute approximate surface area is 137 Å². The molecule has 6 heteroatoms. The van der Waals surface area contributed by atoms with Crippen molar-refractivity contribution in [3.8, 4) is 0 Å². The number of aliphatic carboxylic acids is 1. The third-order valence-electron chi connectivity index (χ3n) is 6.09. The molecule has 1 saturated heterocycles. The summed E-state index contributed by atoms with van der Waals surface area (Å²) < 4.78 is 0. The molecule has 6 nitrogen and oxygen atoms in total. The molecule has 1 amide bonds. The number of fused-ring (bicyclic) bond motifs is 2. The molecule has 0 aromatic heterocycles. The highest BCUT2D eigenvalue weighted by Gasteiger charge is 2.48. The first kappa shape index (κ1) is 16.7. The van der Waals surface area contributed by atoms with E-state index in [0.717, 1.165) is 0 Å². The molecule has 4 N–H and O–H groups in total. The van der Waals surface area contributed by atoms with Crippen LogP contribution in [-0.2, 0) is 9.59 Å². The molecule has 4 atom stereocenters. The van der Waals surface area contributed by atoms with Crippen molar-refractivity contribution in [2.24, 2.45) is 11.8 Å². The topological polar surface area (TPSA) is 97.9 Å². The van der Waals surface area contributed by atoms with Gasteiger partial charge in [-0.15, -0.1) is 0 Å². The SMILES string of the molecule is O=C([O-])CNC(=O)CNC1C2CCCCC2[NH2+]C2CCCCC21. The number of hydrogen-bond acceptors (Lipinski definition) is 4. The van der Waals surface area contributed by atoms with E-state index >= 15 is 0 Å². The van der Waals surface area contributed by atoms with Crippen LogP contribution in [0.2, 0.25) is 0 Å². The fourth-order valence-corrected chi connectivity index (χ4v) is 5.13. The summed E-state index contributed by atoms with van der Waals surface area (Å²) in [7, 11) is 0. The maximum absolute atomic E-state index is 11.8. The molecule has 0 radical (unpaired) electrons. The standard InChI is InChI=1S/C17H29N3O3/c21-15(18-10-16(22)23)9-19-17-11-5-1-3-7-13(11)20-14-8-4-2-6-12(14)17/h11-14,17,19-20H,1-10H2,(H,18,21)(H,22,23). The average molecular weight is 323 g/mol. The number of nitrogens with two attached hydrogens (primary N) is 1. The Morgan fingerprint density at radius 3 is 2.04 bits per heavy atom. The Bertz CT molecular complexity index is 421. The van der Waals surface area contributed by atoms with E-state index in [0.29, 0.717) is 30.0 Å².